The molecule has 0 fully saturated rings. The molecule has 94 valence electrons. The zero-order chi connectivity index (χ0) is 13.1. The van der Waals surface area contributed by atoms with Gasteiger partial charge in [0.25, 0.3) is 0 Å². The van der Waals surface area contributed by atoms with E-state index in [-0.39, 0.29) is 12.3 Å². The quantitative estimate of drug-likeness (QED) is 0.797. The highest BCUT2D eigenvalue weighted by Crippen LogP contribution is 2.17. The Morgan fingerprint density at radius 3 is 3.06 bits per heavy atom. The first kappa shape index (κ1) is 12.1. The number of oxazole rings is 1. The molecular weight excluding hydrogens is 236 g/mol. The molecule has 0 aliphatic heterocycles. The van der Waals surface area contributed by atoms with Crippen LogP contribution in [0.1, 0.15) is 13.3 Å². The summed E-state index contributed by atoms with van der Waals surface area (Å²) in [7, 11) is 0. The van der Waals surface area contributed by atoms with Crippen LogP contribution in [-0.4, -0.2) is 17.2 Å². The van der Waals surface area contributed by atoms with Crippen molar-refractivity contribution in [2.45, 2.75) is 13.3 Å². The molecule has 1 amide bonds. The highest BCUT2D eigenvalue weighted by molar-refractivity contribution is 5.94. The Labute approximate surface area is 102 Å². The first-order valence-corrected chi connectivity index (χ1v) is 5.47. The summed E-state index contributed by atoms with van der Waals surface area (Å²) in [6.07, 6.45) is 0.881. The van der Waals surface area contributed by atoms with Crippen LogP contribution in [0.3, 0.4) is 0 Å². The van der Waals surface area contributed by atoms with Crippen LogP contribution in [0, 0.1) is 5.92 Å². The van der Waals surface area contributed by atoms with Crippen molar-refractivity contribution in [1.82, 2.24) is 4.98 Å². The van der Waals surface area contributed by atoms with Gasteiger partial charge in [-0.2, -0.15) is 0 Å². The Morgan fingerprint density at radius 1 is 1.56 bits per heavy atom. The number of aromatic amines is 1. The van der Waals surface area contributed by atoms with Crippen LogP contribution >= 0.6 is 0 Å². The minimum absolute atomic E-state index is 0.174. The number of aldehydes is 1. The Balaban J connectivity index is 2.18. The van der Waals surface area contributed by atoms with Crippen LogP contribution in [0.15, 0.2) is 27.4 Å². The zero-order valence-corrected chi connectivity index (χ0v) is 9.73. The number of benzene rings is 1. The van der Waals surface area contributed by atoms with E-state index < -0.39 is 11.7 Å². The first-order valence-electron chi connectivity index (χ1n) is 5.47. The predicted molar refractivity (Wildman–Crippen MR) is 65.3 cm³/mol. The third-order valence-corrected chi connectivity index (χ3v) is 2.59. The van der Waals surface area contributed by atoms with Gasteiger partial charge in [0.05, 0.1) is 5.52 Å². The summed E-state index contributed by atoms with van der Waals surface area (Å²) in [5, 5.41) is 2.65. The molecule has 1 aromatic carbocycles. The molecule has 18 heavy (non-hydrogen) atoms. The maximum absolute atomic E-state index is 11.7. The first-order chi connectivity index (χ1) is 8.60. The van der Waals surface area contributed by atoms with Crippen molar-refractivity contribution < 1.29 is 14.0 Å². The number of H-pyrrole nitrogens is 1. The number of rotatable bonds is 4. The molecule has 0 spiro atoms. The number of nitrogens with one attached hydrogen (secondary N) is 2. The summed E-state index contributed by atoms with van der Waals surface area (Å²) >= 11 is 0. The van der Waals surface area contributed by atoms with Gasteiger partial charge in [-0.15, -0.1) is 0 Å². The fourth-order valence-electron chi connectivity index (χ4n) is 1.54. The second kappa shape index (κ2) is 4.87. The molecule has 0 radical (unpaired) electrons. The monoisotopic (exact) mass is 248 g/mol. The molecule has 2 rings (SSSR count). The van der Waals surface area contributed by atoms with Crippen molar-refractivity contribution in [3.63, 3.8) is 0 Å². The topological polar surface area (TPSA) is 92.2 Å². The van der Waals surface area contributed by atoms with Gasteiger partial charge in [0.1, 0.15) is 6.29 Å². The second-order valence-corrected chi connectivity index (χ2v) is 4.02. The predicted octanol–water partition coefficient (Wildman–Crippen LogP) is 1.28. The Morgan fingerprint density at radius 2 is 2.33 bits per heavy atom. The smallest absolute Gasteiger partial charge is 0.408 e. The van der Waals surface area contributed by atoms with Crippen molar-refractivity contribution >= 4 is 29.0 Å². The number of amides is 1. The number of aromatic nitrogens is 1. The lowest BCUT2D eigenvalue weighted by Gasteiger charge is -2.08. The highest BCUT2D eigenvalue weighted by atomic mass is 16.4. The van der Waals surface area contributed by atoms with Gasteiger partial charge in [-0.3, -0.25) is 9.78 Å². The van der Waals surface area contributed by atoms with E-state index in [1.807, 2.05) is 0 Å². The summed E-state index contributed by atoms with van der Waals surface area (Å²) in [5.74, 6) is -1.18. The van der Waals surface area contributed by atoms with Crippen LogP contribution in [0.2, 0.25) is 0 Å². The molecular formula is C12H12N2O4. The van der Waals surface area contributed by atoms with E-state index in [1.54, 1.807) is 25.1 Å². The fraction of sp³-hybridized carbons (Fsp3) is 0.250. The average molecular weight is 248 g/mol. The molecule has 6 heteroatoms. The molecule has 6 nitrogen and oxygen atoms in total. The number of fused-ring (bicyclic) bond motifs is 1. The largest absolute Gasteiger partial charge is 0.417 e. The minimum Gasteiger partial charge on any atom is -0.408 e. The van der Waals surface area contributed by atoms with Crippen LogP contribution in [0.4, 0.5) is 5.69 Å². The lowest BCUT2D eigenvalue weighted by Crippen LogP contribution is -2.20. The van der Waals surface area contributed by atoms with E-state index in [4.69, 9.17) is 4.42 Å². The molecule has 0 saturated carbocycles. The van der Waals surface area contributed by atoms with Gasteiger partial charge in [0.2, 0.25) is 5.91 Å². The number of anilines is 1. The number of hydrogen-bond acceptors (Lipinski definition) is 4. The zero-order valence-electron chi connectivity index (χ0n) is 9.73. The molecule has 1 atom stereocenters. The Hall–Kier alpha value is -2.37. The molecule has 0 aliphatic carbocycles. The van der Waals surface area contributed by atoms with Gasteiger partial charge < -0.3 is 14.5 Å². The van der Waals surface area contributed by atoms with Crippen LogP contribution in [0.25, 0.3) is 11.1 Å². The molecule has 1 heterocycles. The SMILES string of the molecule is CC(CC=O)C(=O)Nc1ccc2[nH]c(=O)oc2c1. The summed E-state index contributed by atoms with van der Waals surface area (Å²) in [6.45, 7) is 1.67. The number of carbonyl (C=O) groups excluding carboxylic acids is 2. The van der Waals surface area contributed by atoms with Crippen molar-refractivity contribution in [2.75, 3.05) is 5.32 Å². The van der Waals surface area contributed by atoms with Crippen LogP contribution < -0.4 is 11.1 Å². The number of hydrogen-bond donors (Lipinski definition) is 2. The lowest BCUT2D eigenvalue weighted by molar-refractivity contribution is -0.121. The molecule has 1 aromatic heterocycles. The van der Waals surface area contributed by atoms with Crippen molar-refractivity contribution in [1.29, 1.82) is 0 Å². The van der Waals surface area contributed by atoms with Gasteiger partial charge >= 0.3 is 5.76 Å². The van der Waals surface area contributed by atoms with Crippen LogP contribution in [-0.2, 0) is 9.59 Å². The third-order valence-electron chi connectivity index (χ3n) is 2.59. The second-order valence-electron chi connectivity index (χ2n) is 4.02. The molecule has 0 bridgehead atoms. The van der Waals surface area contributed by atoms with Gasteiger partial charge in [0.15, 0.2) is 5.58 Å². The van der Waals surface area contributed by atoms with Crippen molar-refractivity contribution in [2.24, 2.45) is 5.92 Å². The summed E-state index contributed by atoms with van der Waals surface area (Å²) in [4.78, 5) is 35.5. The molecule has 2 aromatic rings. The van der Waals surface area contributed by atoms with Crippen LogP contribution in [0.5, 0.6) is 0 Å². The van der Waals surface area contributed by atoms with E-state index in [2.05, 4.69) is 10.3 Å². The summed E-state index contributed by atoms with van der Waals surface area (Å²) in [6, 6.07) is 4.85. The maximum Gasteiger partial charge on any atom is 0.417 e. The molecule has 2 N–H and O–H groups in total. The minimum atomic E-state index is -0.539. The van der Waals surface area contributed by atoms with E-state index >= 15 is 0 Å². The third kappa shape index (κ3) is 2.48. The molecule has 0 saturated heterocycles. The fourth-order valence-corrected chi connectivity index (χ4v) is 1.54. The maximum atomic E-state index is 11.7. The van der Waals surface area contributed by atoms with Crippen molar-refractivity contribution in [3.8, 4) is 0 Å². The van der Waals surface area contributed by atoms with Gasteiger partial charge in [-0.1, -0.05) is 6.92 Å². The summed E-state index contributed by atoms with van der Waals surface area (Å²) in [5.41, 5.74) is 1.47. The molecule has 1 unspecified atom stereocenters. The normalized spacial score (nSPS) is 12.3. The summed E-state index contributed by atoms with van der Waals surface area (Å²) < 4.78 is 4.88. The Kier molecular flexibility index (Phi) is 3.27. The lowest BCUT2D eigenvalue weighted by atomic mass is 10.1. The van der Waals surface area contributed by atoms with Gasteiger partial charge in [-0.05, 0) is 12.1 Å². The Bertz CT molecular complexity index is 641. The van der Waals surface area contributed by atoms with E-state index in [9.17, 15) is 14.4 Å². The van der Waals surface area contributed by atoms with E-state index in [0.29, 0.717) is 23.1 Å². The van der Waals surface area contributed by atoms with E-state index in [1.165, 1.54) is 0 Å². The van der Waals surface area contributed by atoms with Gasteiger partial charge in [-0.25, -0.2) is 4.79 Å². The van der Waals surface area contributed by atoms with Crippen molar-refractivity contribution in [3.05, 3.63) is 28.7 Å². The van der Waals surface area contributed by atoms with E-state index in [0.717, 1.165) is 0 Å². The highest BCUT2D eigenvalue weighted by Gasteiger charge is 2.12. The standard InChI is InChI=1S/C12H12N2O4/c1-7(4-5-15)11(16)13-8-2-3-9-10(6-8)18-12(17)14-9/h2-3,5-7H,4H2,1H3,(H,13,16)(H,14,17). The number of carbonyl (C=O) groups is 2. The average Bonchev–Trinajstić information content (AvgIpc) is 2.68. The van der Waals surface area contributed by atoms with Gasteiger partial charge in [0, 0.05) is 24.1 Å². The molecule has 0 aliphatic rings.